The number of benzene rings is 2. The van der Waals surface area contributed by atoms with Gasteiger partial charge in [0.1, 0.15) is 5.75 Å². The Balaban J connectivity index is 1.94. The van der Waals surface area contributed by atoms with Gasteiger partial charge in [0, 0.05) is 18.2 Å². The van der Waals surface area contributed by atoms with Crippen molar-refractivity contribution >= 4 is 11.6 Å². The molecule has 0 unspecified atom stereocenters. The molecule has 2 N–H and O–H groups in total. The van der Waals surface area contributed by atoms with Gasteiger partial charge in [-0.1, -0.05) is 30.3 Å². The van der Waals surface area contributed by atoms with Gasteiger partial charge in [-0.3, -0.25) is 14.9 Å². The highest BCUT2D eigenvalue weighted by atomic mass is 16.6. The van der Waals surface area contributed by atoms with Gasteiger partial charge < -0.3 is 15.2 Å². The van der Waals surface area contributed by atoms with Crippen LogP contribution in [0.4, 0.5) is 5.69 Å². The van der Waals surface area contributed by atoms with Crippen molar-refractivity contribution in [2.75, 3.05) is 13.7 Å². The lowest BCUT2D eigenvalue weighted by atomic mass is 10.1. The van der Waals surface area contributed by atoms with E-state index in [-0.39, 0.29) is 18.7 Å². The molecule has 7 nitrogen and oxygen atoms in total. The second kappa shape index (κ2) is 8.07. The van der Waals surface area contributed by atoms with Gasteiger partial charge in [-0.2, -0.15) is 0 Å². The summed E-state index contributed by atoms with van der Waals surface area (Å²) < 4.78 is 5.08. The Bertz CT molecular complexity index is 732. The van der Waals surface area contributed by atoms with Crippen LogP contribution in [0.2, 0.25) is 0 Å². The molecule has 7 heteroatoms. The highest BCUT2D eigenvalue weighted by molar-refractivity contribution is 5.79. The summed E-state index contributed by atoms with van der Waals surface area (Å²) in [7, 11) is 1.53. The molecule has 0 saturated heterocycles. The number of nitro benzene ring substituents is 1. The van der Waals surface area contributed by atoms with E-state index in [1.54, 1.807) is 36.4 Å². The number of nitro groups is 1. The molecule has 0 radical (unpaired) electrons. The number of carbonyl (C=O) groups is 1. The van der Waals surface area contributed by atoms with Crippen LogP contribution in [0.1, 0.15) is 17.2 Å². The largest absolute Gasteiger partial charge is 0.497 e. The molecule has 0 fully saturated rings. The van der Waals surface area contributed by atoms with Gasteiger partial charge in [0.05, 0.1) is 24.6 Å². The Labute approximate surface area is 139 Å². The summed E-state index contributed by atoms with van der Waals surface area (Å²) in [6.07, 6.45) is -1.02. The number of rotatable bonds is 7. The maximum absolute atomic E-state index is 12.0. The van der Waals surface area contributed by atoms with E-state index in [0.717, 1.165) is 0 Å². The Morgan fingerprint density at radius 1 is 1.29 bits per heavy atom. The lowest BCUT2D eigenvalue weighted by molar-refractivity contribution is -0.385. The Kier molecular flexibility index (Phi) is 5.86. The maximum atomic E-state index is 12.0. The fourth-order valence-corrected chi connectivity index (χ4v) is 2.25. The summed E-state index contributed by atoms with van der Waals surface area (Å²) >= 11 is 0. The zero-order valence-electron chi connectivity index (χ0n) is 13.1. The molecular weight excluding hydrogens is 312 g/mol. The summed E-state index contributed by atoms with van der Waals surface area (Å²) in [6.45, 7) is 0.00658. The topological polar surface area (TPSA) is 102 Å². The van der Waals surface area contributed by atoms with E-state index in [1.165, 1.54) is 19.2 Å². The van der Waals surface area contributed by atoms with E-state index in [1.807, 2.05) is 0 Å². The van der Waals surface area contributed by atoms with Crippen molar-refractivity contribution in [1.82, 2.24) is 5.32 Å². The summed E-state index contributed by atoms with van der Waals surface area (Å²) in [5, 5.41) is 23.6. The van der Waals surface area contributed by atoms with Gasteiger partial charge >= 0.3 is 0 Å². The molecule has 24 heavy (non-hydrogen) atoms. The van der Waals surface area contributed by atoms with Crippen LogP contribution in [-0.2, 0) is 11.2 Å². The average Bonchev–Trinajstić information content (AvgIpc) is 2.60. The number of para-hydroxylation sites is 1. The van der Waals surface area contributed by atoms with E-state index >= 15 is 0 Å². The second-order valence-corrected chi connectivity index (χ2v) is 5.16. The third kappa shape index (κ3) is 4.53. The van der Waals surface area contributed by atoms with E-state index in [2.05, 4.69) is 5.32 Å². The summed E-state index contributed by atoms with van der Waals surface area (Å²) in [5.74, 6) is 0.212. The second-order valence-electron chi connectivity index (χ2n) is 5.16. The number of nitrogens with zero attached hydrogens (tertiary/aromatic N) is 1. The third-order valence-corrected chi connectivity index (χ3v) is 3.51. The van der Waals surface area contributed by atoms with Crippen molar-refractivity contribution in [3.63, 3.8) is 0 Å². The predicted octanol–water partition coefficient (Wildman–Crippen LogP) is 2.00. The molecule has 0 aliphatic rings. The fourth-order valence-electron chi connectivity index (χ4n) is 2.25. The van der Waals surface area contributed by atoms with E-state index in [9.17, 15) is 20.0 Å². The average molecular weight is 330 g/mol. The van der Waals surface area contributed by atoms with Crippen molar-refractivity contribution in [3.8, 4) is 5.75 Å². The number of ether oxygens (including phenoxy) is 1. The number of methoxy groups -OCH3 is 1. The lowest BCUT2D eigenvalue weighted by Crippen LogP contribution is -2.29. The molecule has 2 aromatic carbocycles. The number of carbonyl (C=O) groups excluding carboxylic acids is 1. The van der Waals surface area contributed by atoms with Gasteiger partial charge in [-0.05, 0) is 17.7 Å². The molecule has 0 aliphatic carbocycles. The minimum Gasteiger partial charge on any atom is -0.497 e. The molecule has 0 saturated carbocycles. The molecule has 1 amide bonds. The third-order valence-electron chi connectivity index (χ3n) is 3.51. The number of nitrogens with one attached hydrogen (secondary N) is 1. The molecule has 2 aromatic rings. The predicted molar refractivity (Wildman–Crippen MR) is 87.8 cm³/mol. The van der Waals surface area contributed by atoms with E-state index < -0.39 is 16.9 Å². The zero-order chi connectivity index (χ0) is 17.5. The molecule has 2 rings (SSSR count). The normalized spacial score (nSPS) is 11.6. The zero-order valence-corrected chi connectivity index (χ0v) is 13.1. The Morgan fingerprint density at radius 3 is 2.75 bits per heavy atom. The van der Waals surface area contributed by atoms with E-state index in [0.29, 0.717) is 16.9 Å². The van der Waals surface area contributed by atoms with Gasteiger partial charge in [-0.25, -0.2) is 0 Å². The fraction of sp³-hybridized carbons (Fsp3) is 0.235. The summed E-state index contributed by atoms with van der Waals surface area (Å²) in [4.78, 5) is 22.4. The Morgan fingerprint density at radius 2 is 2.04 bits per heavy atom. The number of aliphatic hydroxyl groups is 1. The first-order chi connectivity index (χ1) is 11.5. The highest BCUT2D eigenvalue weighted by Gasteiger charge is 2.16. The van der Waals surface area contributed by atoms with Crippen molar-refractivity contribution in [3.05, 3.63) is 69.8 Å². The number of amides is 1. The molecule has 0 spiro atoms. The molecular formula is C17H18N2O5. The number of hydrogen-bond donors (Lipinski definition) is 2. The van der Waals surface area contributed by atoms with Crippen LogP contribution >= 0.6 is 0 Å². The van der Waals surface area contributed by atoms with E-state index in [4.69, 9.17) is 4.74 Å². The number of hydrogen-bond acceptors (Lipinski definition) is 5. The quantitative estimate of drug-likeness (QED) is 0.597. The monoisotopic (exact) mass is 330 g/mol. The van der Waals surface area contributed by atoms with Gasteiger partial charge in [0.15, 0.2) is 0 Å². The minimum absolute atomic E-state index is 0.00658. The SMILES string of the molecule is COc1cccc([C@@H](O)CNC(=O)Cc2ccccc2[N+](=O)[O-])c1. The highest BCUT2D eigenvalue weighted by Crippen LogP contribution is 2.19. The molecule has 0 aliphatic heterocycles. The molecule has 0 heterocycles. The first kappa shape index (κ1) is 17.4. The van der Waals surface area contributed by atoms with Crippen molar-refractivity contribution in [2.24, 2.45) is 0 Å². The molecule has 126 valence electrons. The van der Waals surface area contributed by atoms with Crippen molar-refractivity contribution < 1.29 is 19.6 Å². The van der Waals surface area contributed by atoms with Crippen LogP contribution in [0.3, 0.4) is 0 Å². The summed E-state index contributed by atoms with van der Waals surface area (Å²) in [6, 6.07) is 13.0. The van der Waals surface area contributed by atoms with Crippen LogP contribution in [0, 0.1) is 10.1 Å². The smallest absolute Gasteiger partial charge is 0.273 e. The van der Waals surface area contributed by atoms with Gasteiger partial charge in [0.2, 0.25) is 5.91 Å². The van der Waals surface area contributed by atoms with Gasteiger partial charge in [0.25, 0.3) is 5.69 Å². The minimum atomic E-state index is -0.894. The first-order valence-corrected chi connectivity index (χ1v) is 7.32. The lowest BCUT2D eigenvalue weighted by Gasteiger charge is -2.13. The van der Waals surface area contributed by atoms with Crippen molar-refractivity contribution in [2.45, 2.75) is 12.5 Å². The van der Waals surface area contributed by atoms with Crippen LogP contribution < -0.4 is 10.1 Å². The Hall–Kier alpha value is -2.93. The van der Waals surface area contributed by atoms with Gasteiger partial charge in [-0.15, -0.1) is 0 Å². The van der Waals surface area contributed by atoms with Crippen molar-refractivity contribution in [1.29, 1.82) is 0 Å². The first-order valence-electron chi connectivity index (χ1n) is 7.32. The number of aliphatic hydroxyl groups excluding tert-OH is 1. The van der Waals surface area contributed by atoms with Crippen LogP contribution in [0.15, 0.2) is 48.5 Å². The van der Waals surface area contributed by atoms with Crippen LogP contribution in [-0.4, -0.2) is 29.6 Å². The maximum Gasteiger partial charge on any atom is 0.273 e. The van der Waals surface area contributed by atoms with Crippen LogP contribution in [0.25, 0.3) is 0 Å². The molecule has 0 aromatic heterocycles. The van der Waals surface area contributed by atoms with Crippen LogP contribution in [0.5, 0.6) is 5.75 Å². The standard InChI is InChI=1S/C17H18N2O5/c1-24-14-7-4-6-13(9-14)16(20)11-18-17(21)10-12-5-2-3-8-15(12)19(22)23/h2-9,16,20H,10-11H2,1H3,(H,18,21)/t16-/m0/s1. The molecule has 0 bridgehead atoms. The molecule has 1 atom stereocenters. The summed E-state index contributed by atoms with van der Waals surface area (Å²) in [5.41, 5.74) is 0.845.